The zero-order valence-corrected chi connectivity index (χ0v) is 15.8. The first kappa shape index (κ1) is 20.8. The molecular weight excluding hydrogens is 340 g/mol. The Morgan fingerprint density at radius 2 is 2.08 bits per heavy atom. The van der Waals surface area contributed by atoms with Gasteiger partial charge in [0, 0.05) is 16.7 Å². The molecule has 25 heavy (non-hydrogen) atoms. The van der Waals surface area contributed by atoms with Crippen LogP contribution in [0.4, 0.5) is 0 Å². The number of nitrogens with zero attached hydrogens (tertiary/aromatic N) is 1. The van der Waals surface area contributed by atoms with E-state index < -0.39 is 4.92 Å². The number of ether oxygens (including phenoxy) is 1. The molecule has 1 aromatic rings. The monoisotopic (exact) mass is 364 g/mol. The third-order valence-corrected chi connectivity index (χ3v) is 3.93. The Labute approximate surface area is 154 Å². The Bertz CT molecular complexity index is 681. The lowest BCUT2D eigenvalue weighted by atomic mass is 10.1. The highest BCUT2D eigenvalue weighted by Crippen LogP contribution is 2.25. The van der Waals surface area contributed by atoms with Crippen LogP contribution in [0.1, 0.15) is 45.2 Å². The van der Waals surface area contributed by atoms with Gasteiger partial charge in [0.05, 0.1) is 23.8 Å². The number of rotatable bonds is 9. The van der Waals surface area contributed by atoms with Crippen LogP contribution >= 0.6 is 11.6 Å². The van der Waals surface area contributed by atoms with Crippen LogP contribution in [0.2, 0.25) is 0 Å². The first-order chi connectivity index (χ1) is 11.9. The first-order valence-electron chi connectivity index (χ1n) is 8.19. The molecule has 0 saturated heterocycles. The van der Waals surface area contributed by atoms with Crippen LogP contribution in [0, 0.1) is 10.1 Å². The molecule has 6 heteroatoms. The van der Waals surface area contributed by atoms with E-state index in [1.54, 1.807) is 20.1 Å². The van der Waals surface area contributed by atoms with Crippen LogP contribution in [-0.4, -0.2) is 12.0 Å². The number of allylic oxidation sites excluding steroid dienone is 5. The molecule has 1 rings (SSSR count). The molecule has 0 spiro atoms. The number of benzene rings is 1. The number of hydrogen-bond donors (Lipinski definition) is 1. The van der Waals surface area contributed by atoms with Crippen molar-refractivity contribution < 1.29 is 9.66 Å². The van der Waals surface area contributed by atoms with Gasteiger partial charge in [-0.1, -0.05) is 49.2 Å². The summed E-state index contributed by atoms with van der Waals surface area (Å²) in [6.07, 6.45) is 6.62. The van der Waals surface area contributed by atoms with Crippen LogP contribution in [0.3, 0.4) is 0 Å². The quantitative estimate of drug-likeness (QED) is 0.365. The third-order valence-electron chi connectivity index (χ3n) is 3.65. The molecule has 1 aromatic carbocycles. The third kappa shape index (κ3) is 6.63. The Morgan fingerprint density at radius 1 is 1.40 bits per heavy atom. The van der Waals surface area contributed by atoms with Crippen molar-refractivity contribution in [2.75, 3.05) is 7.11 Å². The van der Waals surface area contributed by atoms with Crippen molar-refractivity contribution in [3.05, 3.63) is 74.6 Å². The molecule has 0 heterocycles. The summed E-state index contributed by atoms with van der Waals surface area (Å²) in [5, 5.41) is 15.0. The van der Waals surface area contributed by atoms with Gasteiger partial charge in [0.2, 0.25) is 0 Å². The van der Waals surface area contributed by atoms with Crippen LogP contribution in [0.15, 0.2) is 58.9 Å². The van der Waals surface area contributed by atoms with Gasteiger partial charge in [-0.2, -0.15) is 0 Å². The van der Waals surface area contributed by atoms with Crippen molar-refractivity contribution in [2.45, 2.75) is 39.7 Å². The van der Waals surface area contributed by atoms with Gasteiger partial charge in [0.25, 0.3) is 5.70 Å². The van der Waals surface area contributed by atoms with Crippen molar-refractivity contribution in [3.8, 4) is 5.75 Å². The van der Waals surface area contributed by atoms with E-state index in [0.29, 0.717) is 10.7 Å². The van der Waals surface area contributed by atoms with Gasteiger partial charge in [0.1, 0.15) is 5.75 Å². The zero-order chi connectivity index (χ0) is 18.8. The SMILES string of the molecule is CCC/C=C(Cl)/C=C\C(=C(/C)NC(C)c1ccccc1OC)[N+](=O)[O-]. The highest BCUT2D eigenvalue weighted by atomic mass is 35.5. The summed E-state index contributed by atoms with van der Waals surface area (Å²) in [5.74, 6) is 0.735. The minimum Gasteiger partial charge on any atom is -0.496 e. The normalized spacial score (nSPS) is 14.2. The summed E-state index contributed by atoms with van der Waals surface area (Å²) in [4.78, 5) is 11.0. The maximum atomic E-state index is 11.4. The molecule has 0 aliphatic carbocycles. The summed E-state index contributed by atoms with van der Waals surface area (Å²) in [5.41, 5.74) is 1.36. The van der Waals surface area contributed by atoms with Crippen LogP contribution in [0.5, 0.6) is 5.75 Å². The smallest absolute Gasteiger partial charge is 0.287 e. The summed E-state index contributed by atoms with van der Waals surface area (Å²) in [7, 11) is 1.60. The van der Waals surface area contributed by atoms with Gasteiger partial charge in [-0.25, -0.2) is 0 Å². The number of halogens is 1. The minimum atomic E-state index is -0.419. The number of unbranched alkanes of at least 4 members (excludes halogenated alkanes) is 1. The summed E-state index contributed by atoms with van der Waals surface area (Å²) < 4.78 is 5.34. The second-order valence-electron chi connectivity index (χ2n) is 5.59. The summed E-state index contributed by atoms with van der Waals surface area (Å²) in [6, 6.07) is 7.43. The second-order valence-corrected chi connectivity index (χ2v) is 6.02. The molecule has 1 unspecified atom stereocenters. The Hall–Kier alpha value is -2.27. The molecular formula is C19H25ClN2O3. The Kier molecular flexibility index (Phi) is 8.78. The van der Waals surface area contributed by atoms with Crippen molar-refractivity contribution in [1.82, 2.24) is 5.32 Å². The topological polar surface area (TPSA) is 64.4 Å². The fraction of sp³-hybridized carbons (Fsp3) is 0.368. The van der Waals surface area contributed by atoms with Gasteiger partial charge >= 0.3 is 0 Å². The van der Waals surface area contributed by atoms with Crippen molar-refractivity contribution >= 4 is 11.6 Å². The Morgan fingerprint density at radius 3 is 2.68 bits per heavy atom. The van der Waals surface area contributed by atoms with Gasteiger partial charge in [0.15, 0.2) is 0 Å². The van der Waals surface area contributed by atoms with Gasteiger partial charge in [-0.05, 0) is 32.4 Å². The lowest BCUT2D eigenvalue weighted by Crippen LogP contribution is -2.20. The average molecular weight is 365 g/mol. The van der Waals surface area contributed by atoms with E-state index in [9.17, 15) is 10.1 Å². The van der Waals surface area contributed by atoms with E-state index in [4.69, 9.17) is 16.3 Å². The second kappa shape index (κ2) is 10.6. The molecule has 0 radical (unpaired) electrons. The van der Waals surface area contributed by atoms with Gasteiger partial charge in [-0.15, -0.1) is 0 Å². The average Bonchev–Trinajstić information content (AvgIpc) is 2.59. The predicted molar refractivity (Wildman–Crippen MR) is 102 cm³/mol. The molecule has 0 aliphatic heterocycles. The fourth-order valence-corrected chi connectivity index (χ4v) is 2.50. The maximum Gasteiger partial charge on any atom is 0.287 e. The summed E-state index contributed by atoms with van der Waals surface area (Å²) in [6.45, 7) is 5.65. The minimum absolute atomic E-state index is 0.0233. The maximum absolute atomic E-state index is 11.4. The molecule has 0 fully saturated rings. The fourth-order valence-electron chi connectivity index (χ4n) is 2.33. The van der Waals surface area contributed by atoms with Gasteiger partial charge in [-0.3, -0.25) is 10.1 Å². The molecule has 1 N–H and O–H groups in total. The molecule has 0 aromatic heterocycles. The molecule has 0 amide bonds. The molecule has 0 bridgehead atoms. The number of nitro groups is 1. The zero-order valence-electron chi connectivity index (χ0n) is 15.1. The van der Waals surface area contributed by atoms with Crippen molar-refractivity contribution in [2.24, 2.45) is 0 Å². The molecule has 0 aliphatic rings. The number of para-hydroxylation sites is 1. The van der Waals surface area contributed by atoms with E-state index in [1.165, 1.54) is 6.08 Å². The van der Waals surface area contributed by atoms with E-state index in [2.05, 4.69) is 5.32 Å². The molecule has 5 nitrogen and oxygen atoms in total. The molecule has 136 valence electrons. The summed E-state index contributed by atoms with van der Waals surface area (Å²) >= 11 is 6.05. The van der Waals surface area contributed by atoms with Crippen LogP contribution < -0.4 is 10.1 Å². The van der Waals surface area contributed by atoms with Crippen molar-refractivity contribution in [3.63, 3.8) is 0 Å². The lowest BCUT2D eigenvalue weighted by molar-refractivity contribution is -0.420. The van der Waals surface area contributed by atoms with E-state index in [-0.39, 0.29) is 11.7 Å². The lowest BCUT2D eigenvalue weighted by Gasteiger charge is -2.18. The van der Waals surface area contributed by atoms with E-state index in [0.717, 1.165) is 24.2 Å². The molecule has 0 saturated carbocycles. The highest BCUT2D eigenvalue weighted by Gasteiger charge is 2.16. The highest BCUT2D eigenvalue weighted by molar-refractivity contribution is 6.31. The standard InChI is InChI=1S/C19H25ClN2O3/c1-5-6-9-16(20)12-13-18(22(23)24)15(3)21-14(2)17-10-7-8-11-19(17)25-4/h7-14,21H,5-6H2,1-4H3/b13-12-,16-9-,18-15-. The number of methoxy groups -OCH3 is 1. The molecule has 1 atom stereocenters. The largest absolute Gasteiger partial charge is 0.496 e. The van der Waals surface area contributed by atoms with E-state index in [1.807, 2.05) is 44.2 Å². The van der Waals surface area contributed by atoms with E-state index >= 15 is 0 Å². The number of hydrogen-bond acceptors (Lipinski definition) is 4. The number of nitrogens with one attached hydrogen (secondary N) is 1. The predicted octanol–water partition coefficient (Wildman–Crippen LogP) is 5.33. The van der Waals surface area contributed by atoms with Crippen molar-refractivity contribution in [1.29, 1.82) is 0 Å². The Balaban J connectivity index is 3.02. The van der Waals surface area contributed by atoms with Crippen LogP contribution in [0.25, 0.3) is 0 Å². The van der Waals surface area contributed by atoms with Gasteiger partial charge < -0.3 is 10.1 Å². The van der Waals surface area contributed by atoms with Crippen LogP contribution in [-0.2, 0) is 0 Å². The first-order valence-corrected chi connectivity index (χ1v) is 8.56.